The number of benzene rings is 1. The van der Waals surface area contributed by atoms with Gasteiger partial charge in [-0.25, -0.2) is 0 Å². The zero-order valence-corrected chi connectivity index (χ0v) is 13.1. The van der Waals surface area contributed by atoms with Crippen LogP contribution in [0.1, 0.15) is 38.7 Å². The number of ether oxygens (including phenoxy) is 2. The molecular weight excluding hydrogens is 294 g/mol. The molecule has 2 N–H and O–H groups in total. The molecule has 0 aromatic heterocycles. The summed E-state index contributed by atoms with van der Waals surface area (Å²) in [7, 11) is 1.65. The fraction of sp³-hybridized carbons (Fsp3) is 0.571. The summed E-state index contributed by atoms with van der Waals surface area (Å²) in [4.78, 5) is 0. The minimum atomic E-state index is 0.123. The van der Waals surface area contributed by atoms with E-state index in [4.69, 9.17) is 15.2 Å². The second-order valence-corrected chi connectivity index (χ2v) is 5.52. The van der Waals surface area contributed by atoms with Crippen molar-refractivity contribution in [1.29, 1.82) is 0 Å². The molecular formula is C14H22BrNO2. The van der Waals surface area contributed by atoms with Crippen LogP contribution in [0.5, 0.6) is 11.5 Å². The summed E-state index contributed by atoms with van der Waals surface area (Å²) in [5.41, 5.74) is 6.83. The maximum absolute atomic E-state index is 5.78. The highest BCUT2D eigenvalue weighted by molar-refractivity contribution is 9.10. The molecule has 4 heteroatoms. The SMILES string of the molecule is COc1cc(Br)c(C(C)CCN)cc1OC(C)C. The third-order valence-corrected chi connectivity index (χ3v) is 3.46. The van der Waals surface area contributed by atoms with Gasteiger partial charge in [-0.2, -0.15) is 0 Å². The lowest BCUT2D eigenvalue weighted by Crippen LogP contribution is -2.09. The van der Waals surface area contributed by atoms with Crippen molar-refractivity contribution >= 4 is 15.9 Å². The van der Waals surface area contributed by atoms with Crippen LogP contribution in [0.4, 0.5) is 0 Å². The molecule has 0 saturated heterocycles. The van der Waals surface area contributed by atoms with Gasteiger partial charge in [0.2, 0.25) is 0 Å². The summed E-state index contributed by atoms with van der Waals surface area (Å²) in [5.74, 6) is 1.93. The molecule has 1 rings (SSSR count). The lowest BCUT2D eigenvalue weighted by molar-refractivity contribution is 0.229. The molecule has 1 aromatic rings. The topological polar surface area (TPSA) is 44.5 Å². The average Bonchev–Trinajstić information content (AvgIpc) is 2.30. The van der Waals surface area contributed by atoms with E-state index in [9.17, 15) is 0 Å². The van der Waals surface area contributed by atoms with E-state index in [1.54, 1.807) is 7.11 Å². The van der Waals surface area contributed by atoms with Crippen LogP contribution in [0.15, 0.2) is 16.6 Å². The van der Waals surface area contributed by atoms with Gasteiger partial charge >= 0.3 is 0 Å². The summed E-state index contributed by atoms with van der Waals surface area (Å²) < 4.78 is 12.2. The quantitative estimate of drug-likeness (QED) is 0.870. The van der Waals surface area contributed by atoms with Crippen molar-refractivity contribution in [2.45, 2.75) is 39.2 Å². The van der Waals surface area contributed by atoms with Crippen LogP contribution in [0.25, 0.3) is 0 Å². The smallest absolute Gasteiger partial charge is 0.161 e. The molecule has 0 radical (unpaired) electrons. The van der Waals surface area contributed by atoms with Gasteiger partial charge in [0.15, 0.2) is 11.5 Å². The summed E-state index contributed by atoms with van der Waals surface area (Å²) in [5, 5.41) is 0. The van der Waals surface area contributed by atoms with Crippen LogP contribution >= 0.6 is 15.9 Å². The van der Waals surface area contributed by atoms with Gasteiger partial charge in [0.05, 0.1) is 13.2 Å². The molecule has 1 aromatic carbocycles. The molecule has 0 aliphatic carbocycles. The molecule has 102 valence electrons. The van der Waals surface area contributed by atoms with Crippen molar-refractivity contribution in [3.63, 3.8) is 0 Å². The molecule has 3 nitrogen and oxygen atoms in total. The number of nitrogens with two attached hydrogens (primary N) is 1. The molecule has 0 spiro atoms. The summed E-state index contributed by atoms with van der Waals surface area (Å²) in [6.45, 7) is 6.85. The lowest BCUT2D eigenvalue weighted by Gasteiger charge is -2.19. The van der Waals surface area contributed by atoms with Gasteiger partial charge in [-0.15, -0.1) is 0 Å². The summed E-state index contributed by atoms with van der Waals surface area (Å²) >= 11 is 3.58. The normalized spacial score (nSPS) is 12.6. The largest absolute Gasteiger partial charge is 0.493 e. The van der Waals surface area contributed by atoms with E-state index in [-0.39, 0.29) is 6.10 Å². The van der Waals surface area contributed by atoms with Crippen molar-refractivity contribution in [2.24, 2.45) is 5.73 Å². The fourth-order valence-corrected chi connectivity index (χ4v) is 2.55. The van der Waals surface area contributed by atoms with Gasteiger partial charge < -0.3 is 15.2 Å². The van der Waals surface area contributed by atoms with Gasteiger partial charge in [0.25, 0.3) is 0 Å². The Morgan fingerprint density at radius 1 is 1.22 bits per heavy atom. The zero-order chi connectivity index (χ0) is 13.7. The number of rotatable bonds is 6. The van der Waals surface area contributed by atoms with E-state index in [2.05, 4.69) is 22.9 Å². The molecule has 0 fully saturated rings. The first-order valence-corrected chi connectivity index (χ1v) is 7.03. The van der Waals surface area contributed by atoms with Crippen molar-refractivity contribution in [1.82, 2.24) is 0 Å². The van der Waals surface area contributed by atoms with E-state index in [1.807, 2.05) is 26.0 Å². The highest BCUT2D eigenvalue weighted by Crippen LogP contribution is 2.37. The predicted molar refractivity (Wildman–Crippen MR) is 78.5 cm³/mol. The first-order valence-electron chi connectivity index (χ1n) is 6.23. The average molecular weight is 316 g/mol. The molecule has 0 bridgehead atoms. The molecule has 1 unspecified atom stereocenters. The Kier molecular flexibility index (Phi) is 5.96. The minimum Gasteiger partial charge on any atom is -0.493 e. The van der Waals surface area contributed by atoms with Gasteiger partial charge in [-0.1, -0.05) is 22.9 Å². The Labute approximate surface area is 118 Å². The second kappa shape index (κ2) is 7.00. The highest BCUT2D eigenvalue weighted by atomic mass is 79.9. The standard InChI is InChI=1S/C14H22BrNO2/c1-9(2)18-14-7-11(10(3)5-6-16)12(15)8-13(14)17-4/h7-10H,5-6,16H2,1-4H3. The van der Waals surface area contributed by atoms with Gasteiger partial charge in [0, 0.05) is 4.47 Å². The molecule has 0 saturated carbocycles. The zero-order valence-electron chi connectivity index (χ0n) is 11.5. The highest BCUT2D eigenvalue weighted by Gasteiger charge is 2.15. The summed E-state index contributed by atoms with van der Waals surface area (Å²) in [6.07, 6.45) is 1.07. The van der Waals surface area contributed by atoms with Crippen molar-refractivity contribution < 1.29 is 9.47 Å². The van der Waals surface area contributed by atoms with E-state index in [0.717, 1.165) is 22.4 Å². The number of hydrogen-bond donors (Lipinski definition) is 1. The van der Waals surface area contributed by atoms with E-state index in [1.165, 1.54) is 5.56 Å². The van der Waals surface area contributed by atoms with Crippen molar-refractivity contribution in [2.75, 3.05) is 13.7 Å². The van der Waals surface area contributed by atoms with E-state index in [0.29, 0.717) is 12.5 Å². The molecule has 0 aliphatic heterocycles. The maximum Gasteiger partial charge on any atom is 0.161 e. The Bertz CT molecular complexity index is 394. The molecule has 0 aliphatic rings. The van der Waals surface area contributed by atoms with Gasteiger partial charge in [0.1, 0.15) is 0 Å². The minimum absolute atomic E-state index is 0.123. The molecule has 1 atom stereocenters. The van der Waals surface area contributed by atoms with Crippen LogP contribution in [-0.4, -0.2) is 19.8 Å². The molecule has 0 amide bonds. The third kappa shape index (κ3) is 3.89. The molecule has 18 heavy (non-hydrogen) atoms. The number of halogens is 1. The Morgan fingerprint density at radius 2 is 1.89 bits per heavy atom. The van der Waals surface area contributed by atoms with Crippen LogP contribution in [-0.2, 0) is 0 Å². The van der Waals surface area contributed by atoms with E-state index >= 15 is 0 Å². The first kappa shape index (κ1) is 15.3. The van der Waals surface area contributed by atoms with Crippen LogP contribution < -0.4 is 15.2 Å². The number of methoxy groups -OCH3 is 1. The number of hydrogen-bond acceptors (Lipinski definition) is 3. The Balaban J connectivity index is 3.12. The first-order chi connectivity index (χ1) is 8.49. The Morgan fingerprint density at radius 3 is 2.39 bits per heavy atom. The lowest BCUT2D eigenvalue weighted by atomic mass is 9.97. The maximum atomic E-state index is 5.78. The van der Waals surface area contributed by atoms with E-state index < -0.39 is 0 Å². The monoisotopic (exact) mass is 315 g/mol. The predicted octanol–water partition coefficient (Wildman–Crippen LogP) is 3.70. The van der Waals surface area contributed by atoms with Crippen molar-refractivity contribution in [3.8, 4) is 11.5 Å². The molecule has 0 heterocycles. The Hall–Kier alpha value is -0.740. The van der Waals surface area contributed by atoms with Crippen molar-refractivity contribution in [3.05, 3.63) is 22.2 Å². The van der Waals surface area contributed by atoms with Crippen LogP contribution in [0, 0.1) is 0 Å². The van der Waals surface area contributed by atoms with Gasteiger partial charge in [-0.3, -0.25) is 0 Å². The van der Waals surface area contributed by atoms with Crippen LogP contribution in [0.3, 0.4) is 0 Å². The van der Waals surface area contributed by atoms with Crippen LogP contribution in [0.2, 0.25) is 0 Å². The fourth-order valence-electron chi connectivity index (χ4n) is 1.84. The summed E-state index contributed by atoms with van der Waals surface area (Å²) in [6, 6.07) is 4.00. The third-order valence-electron chi connectivity index (χ3n) is 2.78. The van der Waals surface area contributed by atoms with Gasteiger partial charge in [-0.05, 0) is 50.4 Å². The second-order valence-electron chi connectivity index (χ2n) is 4.67.